The first-order valence-electron chi connectivity index (χ1n) is 5.95. The normalized spacial score (nSPS) is 12.3. The van der Waals surface area contributed by atoms with Crippen LogP contribution in [0.25, 0.3) is 0 Å². The lowest BCUT2D eigenvalue weighted by molar-refractivity contribution is 0.850. The minimum absolute atomic E-state index is 0.546. The molecule has 1 aromatic heterocycles. The van der Waals surface area contributed by atoms with Gasteiger partial charge in [-0.15, -0.1) is 0 Å². The molecule has 0 saturated heterocycles. The number of nitrogens with one attached hydrogen (secondary N) is 2. The minimum atomic E-state index is 0.546. The van der Waals surface area contributed by atoms with E-state index in [-0.39, 0.29) is 0 Å². The monoisotopic (exact) mass is 307 g/mol. The van der Waals surface area contributed by atoms with Crippen LogP contribution in [-0.2, 0) is 0 Å². The van der Waals surface area contributed by atoms with Gasteiger partial charge in [0.2, 0.25) is 0 Å². The highest BCUT2D eigenvalue weighted by atomic mass is 35.5. The van der Waals surface area contributed by atoms with Crippen molar-refractivity contribution in [1.82, 2.24) is 4.98 Å². The topological polar surface area (TPSA) is 37.0 Å². The molecular weight excluding hydrogens is 289 g/mol. The van der Waals surface area contributed by atoms with Gasteiger partial charge in [-0.05, 0) is 25.7 Å². The summed E-state index contributed by atoms with van der Waals surface area (Å²) in [5, 5.41) is 8.08. The van der Waals surface area contributed by atoms with Crippen LogP contribution in [0, 0.1) is 0 Å². The second kappa shape index (κ2) is 7.97. The van der Waals surface area contributed by atoms with E-state index in [2.05, 4.69) is 28.8 Å². The van der Waals surface area contributed by atoms with E-state index in [1.165, 1.54) is 0 Å². The number of hydrogen-bond donors (Lipinski definition) is 2. The van der Waals surface area contributed by atoms with Crippen molar-refractivity contribution in [3.8, 4) is 0 Å². The van der Waals surface area contributed by atoms with Crippen LogP contribution in [0.1, 0.15) is 20.3 Å². The summed E-state index contributed by atoms with van der Waals surface area (Å²) < 4.78 is 0. The van der Waals surface area contributed by atoms with Crippen molar-refractivity contribution in [2.45, 2.75) is 25.5 Å². The van der Waals surface area contributed by atoms with E-state index in [0.717, 1.165) is 19.5 Å². The van der Waals surface area contributed by atoms with E-state index in [4.69, 9.17) is 23.2 Å². The molecule has 0 amide bonds. The molecule has 6 heteroatoms. The van der Waals surface area contributed by atoms with Gasteiger partial charge in [0.05, 0.1) is 10.0 Å². The maximum atomic E-state index is 6.11. The molecule has 0 saturated carbocycles. The van der Waals surface area contributed by atoms with E-state index in [0.29, 0.717) is 26.9 Å². The van der Waals surface area contributed by atoms with Gasteiger partial charge in [-0.25, -0.2) is 4.98 Å². The third-order valence-corrected chi connectivity index (χ3v) is 4.14. The molecule has 1 heterocycles. The predicted octanol–water partition coefficient (Wildman–Crippen LogP) is 4.37. The lowest BCUT2D eigenvalue weighted by Gasteiger charge is -2.13. The molecule has 0 aliphatic heterocycles. The third kappa shape index (κ3) is 4.75. The van der Waals surface area contributed by atoms with Gasteiger partial charge in [0.15, 0.2) is 0 Å². The first-order valence-corrected chi connectivity index (χ1v) is 7.99. The van der Waals surface area contributed by atoms with Crippen LogP contribution in [0.4, 0.5) is 11.6 Å². The molecule has 0 radical (unpaired) electrons. The van der Waals surface area contributed by atoms with Crippen LogP contribution in [0.3, 0.4) is 0 Å². The molecule has 18 heavy (non-hydrogen) atoms. The zero-order chi connectivity index (χ0) is 13.5. The number of halogens is 2. The summed E-state index contributed by atoms with van der Waals surface area (Å²) in [6, 6.07) is 1.72. The Labute approximate surface area is 123 Å². The van der Waals surface area contributed by atoms with Crippen molar-refractivity contribution in [3.63, 3.8) is 0 Å². The molecular formula is C12H19Cl2N3S. The molecule has 0 aliphatic carbocycles. The lowest BCUT2D eigenvalue weighted by atomic mass is 10.3. The Hall–Kier alpha value is -0.320. The van der Waals surface area contributed by atoms with Gasteiger partial charge in [-0.3, -0.25) is 0 Å². The quantitative estimate of drug-likeness (QED) is 0.784. The van der Waals surface area contributed by atoms with Gasteiger partial charge in [-0.1, -0.05) is 30.1 Å². The summed E-state index contributed by atoms with van der Waals surface area (Å²) in [7, 11) is 0. The Bertz CT molecular complexity index is 388. The number of thioether (sulfide) groups is 1. The van der Waals surface area contributed by atoms with Crippen molar-refractivity contribution < 1.29 is 0 Å². The maximum absolute atomic E-state index is 6.11. The molecule has 2 N–H and O–H groups in total. The Balaban J connectivity index is 2.67. The minimum Gasteiger partial charge on any atom is -0.369 e. The van der Waals surface area contributed by atoms with Gasteiger partial charge in [0.25, 0.3) is 0 Å². The van der Waals surface area contributed by atoms with Crippen LogP contribution in [0.5, 0.6) is 0 Å². The second-order valence-electron chi connectivity index (χ2n) is 3.94. The van der Waals surface area contributed by atoms with Crippen molar-refractivity contribution >= 4 is 46.6 Å². The number of rotatable bonds is 7. The van der Waals surface area contributed by atoms with Gasteiger partial charge < -0.3 is 10.6 Å². The average Bonchev–Trinajstić information content (AvgIpc) is 2.34. The molecule has 102 valence electrons. The fourth-order valence-electron chi connectivity index (χ4n) is 1.39. The Morgan fingerprint density at radius 3 is 2.44 bits per heavy atom. The molecule has 1 aromatic rings. The van der Waals surface area contributed by atoms with E-state index >= 15 is 0 Å². The zero-order valence-electron chi connectivity index (χ0n) is 10.9. The summed E-state index contributed by atoms with van der Waals surface area (Å²) >= 11 is 14.0. The van der Waals surface area contributed by atoms with Gasteiger partial charge in [0, 0.05) is 18.3 Å². The van der Waals surface area contributed by atoms with Crippen LogP contribution >= 0.6 is 35.0 Å². The lowest BCUT2D eigenvalue weighted by Crippen LogP contribution is -2.10. The highest BCUT2D eigenvalue weighted by Gasteiger charge is 2.09. The van der Waals surface area contributed by atoms with E-state index in [1.807, 2.05) is 18.7 Å². The number of pyridine rings is 1. The van der Waals surface area contributed by atoms with Crippen molar-refractivity contribution in [2.75, 3.05) is 30.0 Å². The molecule has 1 atom stereocenters. The van der Waals surface area contributed by atoms with E-state index < -0.39 is 0 Å². The average molecular weight is 308 g/mol. The summed E-state index contributed by atoms with van der Waals surface area (Å²) in [5.41, 5.74) is 0. The van der Waals surface area contributed by atoms with Gasteiger partial charge in [0.1, 0.15) is 11.6 Å². The molecule has 3 nitrogen and oxygen atoms in total. The van der Waals surface area contributed by atoms with E-state index in [1.54, 1.807) is 6.07 Å². The summed E-state index contributed by atoms with van der Waals surface area (Å²) in [6.45, 7) is 5.83. The fourth-order valence-corrected chi connectivity index (χ4v) is 2.24. The van der Waals surface area contributed by atoms with Gasteiger partial charge in [-0.2, -0.15) is 11.8 Å². The Morgan fingerprint density at radius 1 is 1.28 bits per heavy atom. The number of hydrogen-bond acceptors (Lipinski definition) is 4. The SMILES string of the molecule is CCNc1nc(NCCC(C)SC)c(Cl)cc1Cl. The highest BCUT2D eigenvalue weighted by Crippen LogP contribution is 2.29. The number of nitrogens with zero attached hydrogens (tertiary/aromatic N) is 1. The zero-order valence-corrected chi connectivity index (χ0v) is 13.2. The molecule has 0 aliphatic rings. The van der Waals surface area contributed by atoms with Crippen LogP contribution < -0.4 is 10.6 Å². The van der Waals surface area contributed by atoms with Crippen molar-refractivity contribution in [3.05, 3.63) is 16.1 Å². The Kier molecular flexibility index (Phi) is 6.97. The molecule has 1 rings (SSSR count). The van der Waals surface area contributed by atoms with Crippen LogP contribution in [-0.4, -0.2) is 29.6 Å². The van der Waals surface area contributed by atoms with Crippen LogP contribution in [0.15, 0.2) is 6.07 Å². The van der Waals surface area contributed by atoms with Gasteiger partial charge >= 0.3 is 0 Å². The van der Waals surface area contributed by atoms with E-state index in [9.17, 15) is 0 Å². The number of anilines is 2. The van der Waals surface area contributed by atoms with Crippen molar-refractivity contribution in [2.24, 2.45) is 0 Å². The molecule has 1 unspecified atom stereocenters. The summed E-state index contributed by atoms with van der Waals surface area (Å²) in [5.74, 6) is 1.36. The molecule has 0 aromatic carbocycles. The first kappa shape index (κ1) is 15.7. The summed E-state index contributed by atoms with van der Waals surface area (Å²) in [4.78, 5) is 4.39. The maximum Gasteiger partial charge on any atom is 0.147 e. The Morgan fingerprint density at radius 2 is 1.89 bits per heavy atom. The third-order valence-electron chi connectivity index (χ3n) is 2.52. The molecule has 0 spiro atoms. The molecule has 0 bridgehead atoms. The predicted molar refractivity (Wildman–Crippen MR) is 84.5 cm³/mol. The van der Waals surface area contributed by atoms with Crippen LogP contribution in [0.2, 0.25) is 10.0 Å². The van der Waals surface area contributed by atoms with Crippen molar-refractivity contribution in [1.29, 1.82) is 0 Å². The standard InChI is InChI=1S/C12H19Cl2N3S/c1-4-15-11-9(13)7-10(14)12(17-11)16-6-5-8(2)18-3/h7-8H,4-6H2,1-3H3,(H2,15,16,17). The fraction of sp³-hybridized carbons (Fsp3) is 0.583. The highest BCUT2D eigenvalue weighted by molar-refractivity contribution is 7.99. The second-order valence-corrected chi connectivity index (χ2v) is 6.03. The number of aromatic nitrogens is 1. The summed E-state index contributed by atoms with van der Waals surface area (Å²) in [6.07, 6.45) is 3.18. The first-order chi connectivity index (χ1) is 8.58. The molecule has 0 fully saturated rings. The smallest absolute Gasteiger partial charge is 0.147 e. The largest absolute Gasteiger partial charge is 0.369 e.